The Morgan fingerprint density at radius 2 is 2.06 bits per heavy atom. The molecule has 1 fully saturated rings. The fourth-order valence-corrected chi connectivity index (χ4v) is 1.82. The average Bonchev–Trinajstić information content (AvgIpc) is 2.75. The standard InChI is InChI=1S/C12H17N3O2/c1-8(13)12(17)9-2-4-10(5-3-9)15-7-6-11(16)14-15/h2-5,8,12,17H,6-7,13H2,1H3,(H,14,16). The van der Waals surface area contributed by atoms with Crippen LogP contribution in [0.1, 0.15) is 25.0 Å². The molecule has 17 heavy (non-hydrogen) atoms. The topological polar surface area (TPSA) is 78.6 Å². The Labute approximate surface area is 100 Å². The van der Waals surface area contributed by atoms with Crippen molar-refractivity contribution in [2.75, 3.05) is 11.6 Å². The molecule has 4 N–H and O–H groups in total. The number of benzene rings is 1. The highest BCUT2D eigenvalue weighted by Crippen LogP contribution is 2.21. The maximum atomic E-state index is 11.1. The Morgan fingerprint density at radius 3 is 2.53 bits per heavy atom. The minimum atomic E-state index is -0.655. The van der Waals surface area contributed by atoms with E-state index >= 15 is 0 Å². The van der Waals surface area contributed by atoms with E-state index in [1.807, 2.05) is 24.3 Å². The van der Waals surface area contributed by atoms with Crippen LogP contribution < -0.4 is 16.2 Å². The number of nitrogens with one attached hydrogen (secondary N) is 1. The van der Waals surface area contributed by atoms with Crippen LogP contribution in [0.3, 0.4) is 0 Å². The van der Waals surface area contributed by atoms with Gasteiger partial charge >= 0.3 is 0 Å². The summed E-state index contributed by atoms with van der Waals surface area (Å²) in [5.74, 6) is 0.0321. The molecule has 1 aliphatic heterocycles. The van der Waals surface area contributed by atoms with Crippen LogP contribution >= 0.6 is 0 Å². The lowest BCUT2D eigenvalue weighted by molar-refractivity contribution is -0.119. The van der Waals surface area contributed by atoms with E-state index in [1.165, 1.54) is 0 Å². The number of amides is 1. The van der Waals surface area contributed by atoms with Gasteiger partial charge in [-0.25, -0.2) is 0 Å². The summed E-state index contributed by atoms with van der Waals surface area (Å²) in [4.78, 5) is 11.1. The summed E-state index contributed by atoms with van der Waals surface area (Å²) in [6.07, 6.45) is -0.137. The molecule has 0 aromatic heterocycles. The summed E-state index contributed by atoms with van der Waals surface area (Å²) in [5.41, 5.74) is 10.1. The third kappa shape index (κ3) is 2.57. The maximum absolute atomic E-state index is 11.1. The minimum Gasteiger partial charge on any atom is -0.387 e. The van der Waals surface area contributed by atoms with E-state index in [9.17, 15) is 9.90 Å². The second kappa shape index (κ2) is 4.73. The number of nitrogens with zero attached hydrogens (tertiary/aromatic N) is 1. The maximum Gasteiger partial charge on any atom is 0.240 e. The van der Waals surface area contributed by atoms with Gasteiger partial charge in [-0.05, 0) is 24.6 Å². The Morgan fingerprint density at radius 1 is 1.41 bits per heavy atom. The van der Waals surface area contributed by atoms with Gasteiger partial charge in [-0.2, -0.15) is 0 Å². The molecule has 5 heteroatoms. The molecular formula is C12H17N3O2. The number of carbonyl (C=O) groups excluding carboxylic acids is 1. The van der Waals surface area contributed by atoms with Crippen molar-refractivity contribution in [1.82, 2.24) is 5.43 Å². The van der Waals surface area contributed by atoms with Crippen molar-refractivity contribution >= 4 is 11.6 Å². The number of rotatable bonds is 3. The van der Waals surface area contributed by atoms with Crippen molar-refractivity contribution in [3.05, 3.63) is 29.8 Å². The van der Waals surface area contributed by atoms with Gasteiger partial charge in [-0.1, -0.05) is 12.1 Å². The molecule has 2 atom stereocenters. The Hall–Kier alpha value is -1.59. The first-order valence-corrected chi connectivity index (χ1v) is 5.68. The molecule has 5 nitrogen and oxygen atoms in total. The fourth-order valence-electron chi connectivity index (χ4n) is 1.82. The Bertz CT molecular complexity index is 403. The van der Waals surface area contributed by atoms with E-state index < -0.39 is 6.10 Å². The smallest absolute Gasteiger partial charge is 0.240 e. The van der Waals surface area contributed by atoms with Crippen LogP contribution in [0.25, 0.3) is 0 Å². The fraction of sp³-hybridized carbons (Fsp3) is 0.417. The SMILES string of the molecule is CC(N)C(O)c1ccc(N2CCC(=O)N2)cc1. The number of hydrazine groups is 1. The predicted molar refractivity (Wildman–Crippen MR) is 65.2 cm³/mol. The van der Waals surface area contributed by atoms with Gasteiger partial charge < -0.3 is 10.8 Å². The first kappa shape index (κ1) is 11.9. The number of carbonyl (C=O) groups is 1. The Balaban J connectivity index is 2.10. The van der Waals surface area contributed by atoms with Gasteiger partial charge in [0.15, 0.2) is 0 Å². The summed E-state index contributed by atoms with van der Waals surface area (Å²) in [6, 6.07) is 7.09. The zero-order valence-electron chi connectivity index (χ0n) is 9.76. The molecule has 1 amide bonds. The minimum absolute atomic E-state index is 0.0321. The van der Waals surface area contributed by atoms with Crippen LogP contribution in [0, 0.1) is 0 Å². The summed E-state index contributed by atoms with van der Waals surface area (Å²) in [5, 5.41) is 11.6. The molecule has 1 saturated heterocycles. The lowest BCUT2D eigenvalue weighted by Crippen LogP contribution is -2.32. The van der Waals surface area contributed by atoms with Crippen molar-refractivity contribution in [2.45, 2.75) is 25.5 Å². The van der Waals surface area contributed by atoms with Gasteiger partial charge in [0.25, 0.3) is 0 Å². The van der Waals surface area contributed by atoms with Crippen molar-refractivity contribution in [3.8, 4) is 0 Å². The van der Waals surface area contributed by atoms with E-state index in [0.717, 1.165) is 11.3 Å². The summed E-state index contributed by atoms with van der Waals surface area (Å²) in [7, 11) is 0. The molecule has 0 bridgehead atoms. The van der Waals surface area contributed by atoms with Crippen LogP contribution in [0.5, 0.6) is 0 Å². The number of hydrogen-bond acceptors (Lipinski definition) is 4. The van der Waals surface area contributed by atoms with Crippen LogP contribution in [0.4, 0.5) is 5.69 Å². The first-order chi connectivity index (χ1) is 8.08. The van der Waals surface area contributed by atoms with Crippen molar-refractivity contribution in [1.29, 1.82) is 0 Å². The van der Waals surface area contributed by atoms with Gasteiger partial charge in [0, 0.05) is 19.0 Å². The zero-order valence-corrected chi connectivity index (χ0v) is 9.76. The molecule has 0 saturated carbocycles. The first-order valence-electron chi connectivity index (χ1n) is 5.68. The van der Waals surface area contributed by atoms with Crippen LogP contribution in [-0.2, 0) is 4.79 Å². The molecular weight excluding hydrogens is 218 g/mol. The predicted octanol–water partition coefficient (Wildman–Crippen LogP) is 0.308. The van der Waals surface area contributed by atoms with E-state index in [0.29, 0.717) is 13.0 Å². The second-order valence-electron chi connectivity index (χ2n) is 4.33. The monoisotopic (exact) mass is 235 g/mol. The lowest BCUT2D eigenvalue weighted by Gasteiger charge is -2.19. The van der Waals surface area contributed by atoms with Gasteiger partial charge in [-0.3, -0.25) is 15.2 Å². The molecule has 2 rings (SSSR count). The lowest BCUT2D eigenvalue weighted by atomic mass is 10.0. The van der Waals surface area contributed by atoms with Crippen molar-refractivity contribution in [3.63, 3.8) is 0 Å². The zero-order chi connectivity index (χ0) is 12.4. The molecule has 0 aliphatic carbocycles. The van der Waals surface area contributed by atoms with Crippen molar-refractivity contribution < 1.29 is 9.90 Å². The van der Waals surface area contributed by atoms with E-state index in [1.54, 1.807) is 11.9 Å². The normalized spacial score (nSPS) is 19.0. The molecule has 1 heterocycles. The molecule has 1 aromatic carbocycles. The molecule has 0 spiro atoms. The largest absolute Gasteiger partial charge is 0.387 e. The third-order valence-electron chi connectivity index (χ3n) is 2.87. The summed E-state index contributed by atoms with van der Waals surface area (Å²) >= 11 is 0. The number of aliphatic hydroxyl groups excluding tert-OH is 1. The Kier molecular flexibility index (Phi) is 3.31. The van der Waals surface area contributed by atoms with Crippen LogP contribution in [0.15, 0.2) is 24.3 Å². The van der Waals surface area contributed by atoms with E-state index in [2.05, 4.69) is 5.43 Å². The van der Waals surface area contributed by atoms with Gasteiger partial charge in [0.1, 0.15) is 0 Å². The number of anilines is 1. The third-order valence-corrected chi connectivity index (χ3v) is 2.87. The van der Waals surface area contributed by atoms with E-state index in [4.69, 9.17) is 5.73 Å². The second-order valence-corrected chi connectivity index (χ2v) is 4.33. The quantitative estimate of drug-likeness (QED) is 0.704. The molecule has 1 aliphatic rings. The van der Waals surface area contributed by atoms with E-state index in [-0.39, 0.29) is 11.9 Å². The summed E-state index contributed by atoms with van der Waals surface area (Å²) in [6.45, 7) is 2.44. The van der Waals surface area contributed by atoms with Gasteiger partial charge in [0.05, 0.1) is 11.8 Å². The number of hydrogen-bond donors (Lipinski definition) is 3. The van der Waals surface area contributed by atoms with Gasteiger partial charge in [0.2, 0.25) is 5.91 Å². The highest BCUT2D eigenvalue weighted by atomic mass is 16.3. The molecule has 92 valence electrons. The van der Waals surface area contributed by atoms with Crippen molar-refractivity contribution in [2.24, 2.45) is 5.73 Å². The highest BCUT2D eigenvalue weighted by molar-refractivity contribution is 5.81. The summed E-state index contributed by atoms with van der Waals surface area (Å²) < 4.78 is 0. The van der Waals surface area contributed by atoms with Crippen LogP contribution in [-0.4, -0.2) is 23.6 Å². The number of nitrogens with two attached hydrogens (primary N) is 1. The highest BCUT2D eigenvalue weighted by Gasteiger charge is 2.19. The number of aliphatic hydroxyl groups is 1. The molecule has 0 radical (unpaired) electrons. The molecule has 2 unspecified atom stereocenters. The van der Waals surface area contributed by atoms with Crippen LogP contribution in [0.2, 0.25) is 0 Å². The molecule has 1 aromatic rings. The van der Waals surface area contributed by atoms with Gasteiger partial charge in [-0.15, -0.1) is 0 Å². The average molecular weight is 235 g/mol.